The molecule has 1 aromatic carbocycles. The van der Waals surface area contributed by atoms with Gasteiger partial charge in [0.15, 0.2) is 11.5 Å². The van der Waals surface area contributed by atoms with Crippen molar-refractivity contribution in [3.63, 3.8) is 0 Å². The Bertz CT molecular complexity index is 386. The minimum atomic E-state index is -0.871. The number of hydrogen-bond donors (Lipinski definition) is 2. The van der Waals surface area contributed by atoms with Gasteiger partial charge in [0, 0.05) is 0 Å². The fraction of sp³-hybridized carbons (Fsp3) is 0.273. The zero-order valence-electron chi connectivity index (χ0n) is 8.14. The number of hydrogen-bond acceptors (Lipinski definition) is 4. The molecule has 0 aromatic heterocycles. The van der Waals surface area contributed by atoms with E-state index < -0.39 is 6.10 Å². The van der Waals surface area contributed by atoms with Gasteiger partial charge in [-0.15, -0.1) is 0 Å². The third kappa shape index (κ3) is 1.82. The molecule has 0 aliphatic carbocycles. The zero-order chi connectivity index (χ0) is 10.8. The first-order chi connectivity index (χ1) is 7.22. The molecule has 1 atom stereocenters. The van der Waals surface area contributed by atoms with Gasteiger partial charge in [-0.3, -0.25) is 0 Å². The monoisotopic (exact) mass is 208 g/mol. The second-order valence-electron chi connectivity index (χ2n) is 3.33. The summed E-state index contributed by atoms with van der Waals surface area (Å²) in [4.78, 5) is 0. The predicted molar refractivity (Wildman–Crippen MR) is 53.8 cm³/mol. The summed E-state index contributed by atoms with van der Waals surface area (Å²) in [6, 6.07) is 5.14. The van der Waals surface area contributed by atoms with E-state index in [-0.39, 0.29) is 13.4 Å². The predicted octanol–water partition coefficient (Wildman–Crippen LogP) is 0.997. The lowest BCUT2D eigenvalue weighted by atomic mass is 10.0. The summed E-state index contributed by atoms with van der Waals surface area (Å²) < 4.78 is 10.3. The summed E-state index contributed by atoms with van der Waals surface area (Å²) in [6.45, 7) is 3.53. The summed E-state index contributed by atoms with van der Waals surface area (Å²) in [5.74, 6) is 1.28. The van der Waals surface area contributed by atoms with Crippen molar-refractivity contribution in [3.8, 4) is 11.5 Å². The van der Waals surface area contributed by atoms with Crippen LogP contribution >= 0.6 is 0 Å². The maximum Gasteiger partial charge on any atom is 0.231 e. The average Bonchev–Trinajstić information content (AvgIpc) is 2.73. The molecule has 1 aromatic rings. The highest BCUT2D eigenvalue weighted by atomic mass is 16.7. The molecule has 80 valence electrons. The summed E-state index contributed by atoms with van der Waals surface area (Å²) in [5, 5.41) is 18.6. The number of fused-ring (bicyclic) bond motifs is 1. The van der Waals surface area contributed by atoms with Crippen molar-refractivity contribution in [1.82, 2.24) is 0 Å². The quantitative estimate of drug-likeness (QED) is 0.727. The Labute approximate surface area is 87.4 Å². The maximum atomic E-state index is 9.76. The van der Waals surface area contributed by atoms with Crippen molar-refractivity contribution in [2.75, 3.05) is 13.4 Å². The van der Waals surface area contributed by atoms with E-state index in [1.54, 1.807) is 18.2 Å². The van der Waals surface area contributed by atoms with Crippen LogP contribution in [0.2, 0.25) is 0 Å². The van der Waals surface area contributed by atoms with Crippen molar-refractivity contribution in [3.05, 3.63) is 35.9 Å². The molecule has 4 heteroatoms. The first kappa shape index (κ1) is 10.0. The van der Waals surface area contributed by atoms with Crippen molar-refractivity contribution < 1.29 is 19.7 Å². The topological polar surface area (TPSA) is 58.9 Å². The molecule has 1 aliphatic heterocycles. The maximum absolute atomic E-state index is 9.76. The number of rotatable bonds is 3. The first-order valence-electron chi connectivity index (χ1n) is 4.58. The molecule has 4 nitrogen and oxygen atoms in total. The summed E-state index contributed by atoms with van der Waals surface area (Å²) in [5.41, 5.74) is 0.993. The molecule has 0 amide bonds. The second kappa shape index (κ2) is 3.92. The molecule has 2 N–H and O–H groups in total. The standard InChI is InChI=1S/C11H12O4/c1-7(5-12)11(13)8-2-3-9-10(4-8)15-6-14-9/h2-4,11-13H,1,5-6H2. The first-order valence-corrected chi connectivity index (χ1v) is 4.58. The number of ether oxygens (including phenoxy) is 2. The van der Waals surface area contributed by atoms with E-state index in [0.717, 1.165) is 0 Å². The van der Waals surface area contributed by atoms with Crippen LogP contribution in [-0.4, -0.2) is 23.6 Å². The third-order valence-corrected chi connectivity index (χ3v) is 2.30. The average molecular weight is 208 g/mol. The van der Waals surface area contributed by atoms with Gasteiger partial charge in [0.2, 0.25) is 6.79 Å². The molecule has 0 spiro atoms. The highest BCUT2D eigenvalue weighted by molar-refractivity contribution is 5.46. The lowest BCUT2D eigenvalue weighted by Gasteiger charge is -2.12. The zero-order valence-corrected chi connectivity index (χ0v) is 8.14. The van der Waals surface area contributed by atoms with Gasteiger partial charge >= 0.3 is 0 Å². The minimum Gasteiger partial charge on any atom is -0.454 e. The van der Waals surface area contributed by atoms with E-state index in [4.69, 9.17) is 14.6 Å². The van der Waals surface area contributed by atoms with E-state index in [9.17, 15) is 5.11 Å². The SMILES string of the molecule is C=C(CO)C(O)c1ccc2c(c1)OCO2. The second-order valence-corrected chi connectivity index (χ2v) is 3.33. The number of aliphatic hydroxyl groups excluding tert-OH is 2. The molecule has 0 saturated carbocycles. The van der Waals surface area contributed by atoms with Crippen LogP contribution in [0.4, 0.5) is 0 Å². The molecule has 1 heterocycles. The summed E-state index contributed by atoms with van der Waals surface area (Å²) in [7, 11) is 0. The third-order valence-electron chi connectivity index (χ3n) is 2.30. The van der Waals surface area contributed by atoms with Crippen LogP contribution in [0.15, 0.2) is 30.4 Å². The molecule has 0 saturated heterocycles. The summed E-state index contributed by atoms with van der Waals surface area (Å²) >= 11 is 0. The van der Waals surface area contributed by atoms with E-state index in [2.05, 4.69) is 6.58 Å². The molecule has 1 unspecified atom stereocenters. The van der Waals surface area contributed by atoms with Crippen LogP contribution in [0, 0.1) is 0 Å². The van der Waals surface area contributed by atoms with Crippen molar-refractivity contribution in [2.24, 2.45) is 0 Å². The van der Waals surface area contributed by atoms with Crippen LogP contribution in [0.25, 0.3) is 0 Å². The van der Waals surface area contributed by atoms with Gasteiger partial charge in [-0.05, 0) is 23.3 Å². The van der Waals surface area contributed by atoms with Gasteiger partial charge in [0.25, 0.3) is 0 Å². The van der Waals surface area contributed by atoms with Crippen molar-refractivity contribution in [1.29, 1.82) is 0 Å². The van der Waals surface area contributed by atoms with E-state index in [0.29, 0.717) is 22.6 Å². The molecular weight excluding hydrogens is 196 g/mol. The van der Waals surface area contributed by atoms with Crippen LogP contribution in [0.5, 0.6) is 11.5 Å². The van der Waals surface area contributed by atoms with E-state index in [1.807, 2.05) is 0 Å². The van der Waals surface area contributed by atoms with E-state index in [1.165, 1.54) is 0 Å². The van der Waals surface area contributed by atoms with Crippen LogP contribution < -0.4 is 9.47 Å². The molecule has 0 fully saturated rings. The highest BCUT2D eigenvalue weighted by Crippen LogP contribution is 2.35. The lowest BCUT2D eigenvalue weighted by Crippen LogP contribution is -2.03. The van der Waals surface area contributed by atoms with Crippen molar-refractivity contribution in [2.45, 2.75) is 6.10 Å². The molecule has 15 heavy (non-hydrogen) atoms. The largest absolute Gasteiger partial charge is 0.454 e. The minimum absolute atomic E-state index is 0.204. The van der Waals surface area contributed by atoms with Crippen molar-refractivity contribution >= 4 is 0 Å². The molecule has 0 bridgehead atoms. The molecular formula is C11H12O4. The Morgan fingerprint density at radius 2 is 2.13 bits per heavy atom. The van der Waals surface area contributed by atoms with Gasteiger partial charge in [-0.2, -0.15) is 0 Å². The van der Waals surface area contributed by atoms with Gasteiger partial charge in [0.1, 0.15) is 6.10 Å². The van der Waals surface area contributed by atoms with Gasteiger partial charge in [0.05, 0.1) is 6.61 Å². The fourth-order valence-corrected chi connectivity index (χ4v) is 1.41. The van der Waals surface area contributed by atoms with Gasteiger partial charge in [-0.25, -0.2) is 0 Å². The van der Waals surface area contributed by atoms with Crippen LogP contribution in [0.1, 0.15) is 11.7 Å². The lowest BCUT2D eigenvalue weighted by molar-refractivity contribution is 0.173. The van der Waals surface area contributed by atoms with Gasteiger partial charge in [-0.1, -0.05) is 12.6 Å². The number of benzene rings is 1. The number of aliphatic hydroxyl groups is 2. The normalized spacial score (nSPS) is 15.1. The molecule has 1 aliphatic rings. The van der Waals surface area contributed by atoms with Crippen LogP contribution in [0.3, 0.4) is 0 Å². The van der Waals surface area contributed by atoms with Gasteiger partial charge < -0.3 is 19.7 Å². The molecule has 2 rings (SSSR count). The Morgan fingerprint density at radius 3 is 2.87 bits per heavy atom. The highest BCUT2D eigenvalue weighted by Gasteiger charge is 2.17. The summed E-state index contributed by atoms with van der Waals surface area (Å²) in [6.07, 6.45) is -0.871. The molecule has 0 radical (unpaired) electrons. The Hall–Kier alpha value is -1.52. The Balaban J connectivity index is 2.26. The fourth-order valence-electron chi connectivity index (χ4n) is 1.41. The smallest absolute Gasteiger partial charge is 0.231 e. The van der Waals surface area contributed by atoms with E-state index >= 15 is 0 Å². The Morgan fingerprint density at radius 1 is 1.40 bits per heavy atom. The van der Waals surface area contributed by atoms with Crippen LogP contribution in [-0.2, 0) is 0 Å². The Kier molecular flexibility index (Phi) is 2.62.